The third-order valence-electron chi connectivity index (χ3n) is 4.10. The van der Waals surface area contributed by atoms with Crippen molar-refractivity contribution in [2.75, 3.05) is 0 Å². The first-order chi connectivity index (χ1) is 8.45. The van der Waals surface area contributed by atoms with Crippen molar-refractivity contribution in [2.45, 2.75) is 18.8 Å². The van der Waals surface area contributed by atoms with E-state index in [0.29, 0.717) is 5.92 Å². The van der Waals surface area contributed by atoms with Crippen molar-refractivity contribution in [3.8, 4) is 0 Å². The lowest BCUT2D eigenvalue weighted by Crippen LogP contribution is -1.90. The standard InChI is InChI=1S/C17H14/c1-2-6-12-10-11-16-14-8-5-4-7-13(14)15(9-3-1)17(12)16/h1-9,16H,10-11H2/b2-1-,3-1?,6-2?,9-3-,12-6-,15-9?. The van der Waals surface area contributed by atoms with Gasteiger partial charge in [0.1, 0.15) is 0 Å². The van der Waals surface area contributed by atoms with Crippen LogP contribution in [0.15, 0.2) is 65.8 Å². The average Bonchev–Trinajstić information content (AvgIpc) is 2.84. The van der Waals surface area contributed by atoms with Gasteiger partial charge in [-0.2, -0.15) is 0 Å². The second kappa shape index (κ2) is 3.33. The first-order valence-corrected chi connectivity index (χ1v) is 6.33. The van der Waals surface area contributed by atoms with Crippen LogP contribution in [0.25, 0.3) is 5.57 Å². The Morgan fingerprint density at radius 1 is 1.00 bits per heavy atom. The lowest BCUT2D eigenvalue weighted by atomic mass is 9.97. The molecule has 82 valence electrons. The molecule has 0 radical (unpaired) electrons. The Morgan fingerprint density at radius 3 is 2.94 bits per heavy atom. The molecule has 0 heteroatoms. The first kappa shape index (κ1) is 9.23. The molecule has 1 aromatic carbocycles. The minimum atomic E-state index is 0.656. The normalized spacial score (nSPS) is 31.1. The molecule has 0 spiro atoms. The molecule has 1 unspecified atom stereocenters. The average molecular weight is 218 g/mol. The summed E-state index contributed by atoms with van der Waals surface area (Å²) in [7, 11) is 0. The number of benzene rings is 1. The molecule has 3 aliphatic carbocycles. The summed E-state index contributed by atoms with van der Waals surface area (Å²) in [6, 6.07) is 8.89. The van der Waals surface area contributed by atoms with Gasteiger partial charge >= 0.3 is 0 Å². The fourth-order valence-corrected chi connectivity index (χ4v) is 3.41. The van der Waals surface area contributed by atoms with Crippen LogP contribution in [0.2, 0.25) is 0 Å². The molecule has 4 rings (SSSR count). The highest BCUT2D eigenvalue weighted by Gasteiger charge is 2.35. The minimum absolute atomic E-state index is 0.656. The van der Waals surface area contributed by atoms with Gasteiger partial charge in [-0.1, -0.05) is 54.6 Å². The number of hydrogen-bond donors (Lipinski definition) is 0. The maximum Gasteiger partial charge on any atom is 0.0107 e. The molecule has 1 fully saturated rings. The Labute approximate surface area is 102 Å². The third-order valence-corrected chi connectivity index (χ3v) is 4.10. The highest BCUT2D eigenvalue weighted by molar-refractivity contribution is 5.88. The van der Waals surface area contributed by atoms with Crippen LogP contribution in [0.1, 0.15) is 29.9 Å². The maximum absolute atomic E-state index is 2.30. The van der Waals surface area contributed by atoms with E-state index in [1.54, 1.807) is 11.1 Å². The van der Waals surface area contributed by atoms with Gasteiger partial charge in [0.25, 0.3) is 0 Å². The van der Waals surface area contributed by atoms with Crippen LogP contribution in [0, 0.1) is 0 Å². The van der Waals surface area contributed by atoms with E-state index in [1.165, 1.54) is 29.5 Å². The van der Waals surface area contributed by atoms with Crippen molar-refractivity contribution in [1.29, 1.82) is 0 Å². The van der Waals surface area contributed by atoms with Crippen LogP contribution in [-0.4, -0.2) is 0 Å². The highest BCUT2D eigenvalue weighted by Crippen LogP contribution is 2.53. The predicted molar refractivity (Wildman–Crippen MR) is 71.7 cm³/mol. The van der Waals surface area contributed by atoms with Gasteiger partial charge in [0.05, 0.1) is 0 Å². The molecule has 1 atom stereocenters. The van der Waals surface area contributed by atoms with Gasteiger partial charge < -0.3 is 0 Å². The molecular formula is C17H14. The van der Waals surface area contributed by atoms with Gasteiger partial charge in [0.2, 0.25) is 0 Å². The van der Waals surface area contributed by atoms with Crippen LogP contribution in [0.5, 0.6) is 0 Å². The van der Waals surface area contributed by atoms with E-state index in [2.05, 4.69) is 54.6 Å². The second-order valence-corrected chi connectivity index (χ2v) is 4.94. The first-order valence-electron chi connectivity index (χ1n) is 6.33. The smallest absolute Gasteiger partial charge is 0.0107 e. The van der Waals surface area contributed by atoms with E-state index in [9.17, 15) is 0 Å². The van der Waals surface area contributed by atoms with Crippen LogP contribution in [0.3, 0.4) is 0 Å². The van der Waals surface area contributed by atoms with E-state index < -0.39 is 0 Å². The highest BCUT2D eigenvalue weighted by atomic mass is 14.4. The summed E-state index contributed by atoms with van der Waals surface area (Å²) in [5.74, 6) is 0.656. The number of rotatable bonds is 0. The van der Waals surface area contributed by atoms with Gasteiger partial charge in [-0.15, -0.1) is 0 Å². The molecule has 0 N–H and O–H groups in total. The molecule has 17 heavy (non-hydrogen) atoms. The summed E-state index contributed by atoms with van der Waals surface area (Å²) in [6.45, 7) is 0. The largest absolute Gasteiger partial charge is 0.0622 e. The Kier molecular flexibility index (Phi) is 1.81. The topological polar surface area (TPSA) is 0 Å². The molecule has 0 saturated heterocycles. The molecule has 3 aliphatic rings. The molecule has 1 saturated carbocycles. The molecule has 0 aliphatic heterocycles. The SMILES string of the molecule is C1=C\C=C2\CCC3C2=C(\C=C/1)c1ccccc13. The Bertz CT molecular complexity index is 609. The summed E-state index contributed by atoms with van der Waals surface area (Å²) >= 11 is 0. The number of fused-ring (bicyclic) bond motifs is 3. The van der Waals surface area contributed by atoms with Crippen molar-refractivity contribution >= 4 is 5.57 Å². The van der Waals surface area contributed by atoms with Crippen LogP contribution < -0.4 is 0 Å². The van der Waals surface area contributed by atoms with Gasteiger partial charge in [-0.05, 0) is 40.7 Å². The lowest BCUT2D eigenvalue weighted by molar-refractivity contribution is 0.810. The van der Waals surface area contributed by atoms with Crippen molar-refractivity contribution in [1.82, 2.24) is 0 Å². The van der Waals surface area contributed by atoms with Crippen molar-refractivity contribution in [3.05, 3.63) is 76.9 Å². The second-order valence-electron chi connectivity index (χ2n) is 4.94. The van der Waals surface area contributed by atoms with E-state index >= 15 is 0 Å². The van der Waals surface area contributed by atoms with Crippen LogP contribution in [0.4, 0.5) is 0 Å². The van der Waals surface area contributed by atoms with E-state index in [4.69, 9.17) is 0 Å². The van der Waals surface area contributed by atoms with E-state index in [1.807, 2.05) is 0 Å². The van der Waals surface area contributed by atoms with Gasteiger partial charge in [-0.3, -0.25) is 0 Å². The molecule has 1 aromatic rings. The molecule has 0 aromatic heterocycles. The molecule has 0 amide bonds. The minimum Gasteiger partial charge on any atom is -0.0622 e. The third kappa shape index (κ3) is 1.18. The summed E-state index contributed by atoms with van der Waals surface area (Å²) < 4.78 is 0. The van der Waals surface area contributed by atoms with Crippen molar-refractivity contribution in [2.24, 2.45) is 0 Å². The molecule has 0 heterocycles. The molecular weight excluding hydrogens is 204 g/mol. The number of allylic oxidation sites excluding steroid dienone is 8. The van der Waals surface area contributed by atoms with E-state index in [0.717, 1.165) is 0 Å². The summed E-state index contributed by atoms with van der Waals surface area (Å²) in [5.41, 5.74) is 7.57. The zero-order chi connectivity index (χ0) is 11.2. The summed E-state index contributed by atoms with van der Waals surface area (Å²) in [5, 5.41) is 0. The van der Waals surface area contributed by atoms with Crippen molar-refractivity contribution in [3.63, 3.8) is 0 Å². The Hall–Kier alpha value is -1.82. The fourth-order valence-electron chi connectivity index (χ4n) is 3.41. The lowest BCUT2D eigenvalue weighted by Gasteiger charge is -2.06. The summed E-state index contributed by atoms with van der Waals surface area (Å²) in [6.07, 6.45) is 13.5. The molecule has 0 bridgehead atoms. The van der Waals surface area contributed by atoms with Crippen LogP contribution in [-0.2, 0) is 0 Å². The zero-order valence-corrected chi connectivity index (χ0v) is 9.69. The Morgan fingerprint density at radius 2 is 1.94 bits per heavy atom. The van der Waals surface area contributed by atoms with Crippen LogP contribution >= 0.6 is 0 Å². The summed E-state index contributed by atoms with van der Waals surface area (Å²) in [4.78, 5) is 0. The Balaban J connectivity index is 2.03. The van der Waals surface area contributed by atoms with Gasteiger partial charge in [-0.25, -0.2) is 0 Å². The van der Waals surface area contributed by atoms with Crippen molar-refractivity contribution < 1.29 is 0 Å². The van der Waals surface area contributed by atoms with E-state index in [-0.39, 0.29) is 0 Å². The molecule has 0 nitrogen and oxygen atoms in total. The zero-order valence-electron chi connectivity index (χ0n) is 9.69. The number of hydrogen-bond acceptors (Lipinski definition) is 0. The van der Waals surface area contributed by atoms with Gasteiger partial charge in [0.15, 0.2) is 0 Å². The quantitative estimate of drug-likeness (QED) is 0.606. The monoisotopic (exact) mass is 218 g/mol. The predicted octanol–water partition coefficient (Wildman–Crippen LogP) is 4.38. The fraction of sp³-hybridized carbons (Fsp3) is 0.176. The maximum atomic E-state index is 2.30. The van der Waals surface area contributed by atoms with Gasteiger partial charge in [0, 0.05) is 5.92 Å².